The van der Waals surface area contributed by atoms with E-state index in [1.165, 1.54) is 0 Å². The van der Waals surface area contributed by atoms with Gasteiger partial charge in [0.15, 0.2) is 0 Å². The lowest BCUT2D eigenvalue weighted by Crippen LogP contribution is -2.16. The number of hydrogen-bond acceptors (Lipinski definition) is 4. The SMILES string of the molecule is Cc1cccc(OS(=O)(=O)CCO)c1C. The highest BCUT2D eigenvalue weighted by Crippen LogP contribution is 2.22. The molecule has 1 N–H and O–H groups in total. The van der Waals surface area contributed by atoms with Crippen LogP contribution in [0.1, 0.15) is 11.1 Å². The van der Waals surface area contributed by atoms with Crippen LogP contribution in [-0.4, -0.2) is 25.9 Å². The number of hydrogen-bond donors (Lipinski definition) is 1. The van der Waals surface area contributed by atoms with Crippen LogP contribution >= 0.6 is 0 Å². The van der Waals surface area contributed by atoms with E-state index < -0.39 is 16.7 Å². The van der Waals surface area contributed by atoms with Gasteiger partial charge < -0.3 is 9.29 Å². The van der Waals surface area contributed by atoms with Crippen LogP contribution in [0.25, 0.3) is 0 Å². The van der Waals surface area contributed by atoms with E-state index in [0.29, 0.717) is 5.75 Å². The molecule has 0 bridgehead atoms. The van der Waals surface area contributed by atoms with Crippen LogP contribution in [0.3, 0.4) is 0 Å². The lowest BCUT2D eigenvalue weighted by atomic mass is 10.1. The van der Waals surface area contributed by atoms with E-state index in [9.17, 15) is 8.42 Å². The summed E-state index contributed by atoms with van der Waals surface area (Å²) in [4.78, 5) is 0. The summed E-state index contributed by atoms with van der Waals surface area (Å²) in [6.07, 6.45) is 0. The molecule has 0 saturated carbocycles. The quantitative estimate of drug-likeness (QED) is 0.784. The highest BCUT2D eigenvalue weighted by atomic mass is 32.2. The van der Waals surface area contributed by atoms with Crippen molar-refractivity contribution >= 4 is 10.1 Å². The third-order valence-corrected chi connectivity index (χ3v) is 3.23. The Morgan fingerprint density at radius 3 is 2.60 bits per heavy atom. The molecule has 0 atom stereocenters. The van der Waals surface area contributed by atoms with Crippen LogP contribution in [0, 0.1) is 13.8 Å². The van der Waals surface area contributed by atoms with Gasteiger partial charge in [-0.3, -0.25) is 0 Å². The van der Waals surface area contributed by atoms with E-state index in [4.69, 9.17) is 9.29 Å². The Hall–Kier alpha value is -1.07. The molecule has 5 heteroatoms. The first-order valence-corrected chi connectivity index (χ1v) is 6.13. The molecule has 1 aromatic carbocycles. The highest BCUT2D eigenvalue weighted by Gasteiger charge is 2.13. The molecule has 0 aliphatic carbocycles. The minimum Gasteiger partial charge on any atom is -0.395 e. The molecule has 0 heterocycles. The van der Waals surface area contributed by atoms with E-state index in [0.717, 1.165) is 11.1 Å². The van der Waals surface area contributed by atoms with Crippen molar-refractivity contribution in [3.05, 3.63) is 29.3 Å². The van der Waals surface area contributed by atoms with Gasteiger partial charge >= 0.3 is 10.1 Å². The molecule has 0 aliphatic rings. The molecule has 0 radical (unpaired) electrons. The van der Waals surface area contributed by atoms with Crippen molar-refractivity contribution in [2.24, 2.45) is 0 Å². The summed E-state index contributed by atoms with van der Waals surface area (Å²) in [5.41, 5.74) is 1.76. The molecule has 0 spiro atoms. The summed E-state index contributed by atoms with van der Waals surface area (Å²) in [7, 11) is -3.67. The van der Waals surface area contributed by atoms with Gasteiger partial charge in [0.25, 0.3) is 0 Å². The Bertz CT molecular complexity index is 437. The Balaban J connectivity index is 2.95. The summed E-state index contributed by atoms with van der Waals surface area (Å²) in [5.74, 6) is -0.0659. The maximum atomic E-state index is 11.3. The van der Waals surface area contributed by atoms with E-state index in [1.54, 1.807) is 19.1 Å². The predicted molar refractivity (Wildman–Crippen MR) is 57.4 cm³/mol. The largest absolute Gasteiger partial charge is 0.395 e. The van der Waals surface area contributed by atoms with Crippen LogP contribution in [-0.2, 0) is 10.1 Å². The Morgan fingerprint density at radius 1 is 1.33 bits per heavy atom. The van der Waals surface area contributed by atoms with Gasteiger partial charge in [-0.15, -0.1) is 0 Å². The van der Waals surface area contributed by atoms with Gasteiger partial charge in [0.1, 0.15) is 11.5 Å². The fourth-order valence-corrected chi connectivity index (χ4v) is 1.87. The van der Waals surface area contributed by atoms with Gasteiger partial charge in [0, 0.05) is 0 Å². The average Bonchev–Trinajstić information content (AvgIpc) is 2.12. The second kappa shape index (κ2) is 4.63. The zero-order valence-electron chi connectivity index (χ0n) is 8.73. The molecule has 4 nitrogen and oxygen atoms in total. The van der Waals surface area contributed by atoms with E-state index in [2.05, 4.69) is 0 Å². The van der Waals surface area contributed by atoms with Crippen molar-refractivity contribution in [3.8, 4) is 5.75 Å². The first-order valence-electron chi connectivity index (χ1n) is 4.55. The van der Waals surface area contributed by atoms with Crippen LogP contribution in [0.4, 0.5) is 0 Å². The smallest absolute Gasteiger partial charge is 0.311 e. The van der Waals surface area contributed by atoms with E-state index in [1.807, 2.05) is 13.0 Å². The van der Waals surface area contributed by atoms with Crippen molar-refractivity contribution in [1.29, 1.82) is 0 Å². The van der Waals surface area contributed by atoms with Crippen molar-refractivity contribution in [3.63, 3.8) is 0 Å². The molecule has 15 heavy (non-hydrogen) atoms. The molecular formula is C10H14O4S. The number of aliphatic hydroxyl groups is 1. The van der Waals surface area contributed by atoms with Crippen LogP contribution in [0.2, 0.25) is 0 Å². The number of benzene rings is 1. The normalized spacial score (nSPS) is 11.4. The Kier molecular flexibility index (Phi) is 3.71. The van der Waals surface area contributed by atoms with Crippen molar-refractivity contribution < 1.29 is 17.7 Å². The fraction of sp³-hybridized carbons (Fsp3) is 0.400. The zero-order chi connectivity index (χ0) is 11.5. The van der Waals surface area contributed by atoms with Gasteiger partial charge in [-0.25, -0.2) is 0 Å². The zero-order valence-corrected chi connectivity index (χ0v) is 9.54. The maximum Gasteiger partial charge on any atom is 0.311 e. The molecule has 84 valence electrons. The molecule has 1 rings (SSSR count). The number of rotatable bonds is 4. The van der Waals surface area contributed by atoms with Gasteiger partial charge in [-0.05, 0) is 31.0 Å². The number of aliphatic hydroxyl groups excluding tert-OH is 1. The molecule has 0 saturated heterocycles. The summed E-state index contributed by atoms with van der Waals surface area (Å²) in [6.45, 7) is 3.23. The lowest BCUT2D eigenvalue weighted by molar-refractivity contribution is 0.315. The van der Waals surface area contributed by atoms with E-state index >= 15 is 0 Å². The minimum absolute atomic E-state index is 0.323. The van der Waals surface area contributed by atoms with E-state index in [-0.39, 0.29) is 5.75 Å². The summed E-state index contributed by atoms with van der Waals surface area (Å²) < 4.78 is 27.4. The summed E-state index contributed by atoms with van der Waals surface area (Å²) in [5, 5.41) is 8.54. The van der Waals surface area contributed by atoms with Gasteiger partial charge in [-0.2, -0.15) is 8.42 Å². The second-order valence-corrected chi connectivity index (χ2v) is 4.96. The Labute approximate surface area is 89.6 Å². The topological polar surface area (TPSA) is 63.6 Å². The fourth-order valence-electron chi connectivity index (χ4n) is 1.10. The maximum absolute atomic E-state index is 11.3. The molecule has 0 aliphatic heterocycles. The predicted octanol–water partition coefficient (Wildman–Crippen LogP) is 1.00. The highest BCUT2D eigenvalue weighted by molar-refractivity contribution is 7.87. The van der Waals surface area contributed by atoms with Crippen LogP contribution < -0.4 is 4.18 Å². The van der Waals surface area contributed by atoms with Crippen molar-refractivity contribution in [1.82, 2.24) is 0 Å². The summed E-state index contributed by atoms with van der Waals surface area (Å²) in [6, 6.07) is 5.20. The average molecular weight is 230 g/mol. The molecular weight excluding hydrogens is 216 g/mol. The monoisotopic (exact) mass is 230 g/mol. The van der Waals surface area contributed by atoms with Crippen LogP contribution in [0.5, 0.6) is 5.75 Å². The molecule has 0 aromatic heterocycles. The van der Waals surface area contributed by atoms with Crippen LogP contribution in [0.15, 0.2) is 18.2 Å². The Morgan fingerprint density at radius 2 is 2.00 bits per heavy atom. The van der Waals surface area contributed by atoms with Gasteiger partial charge in [0.05, 0.1) is 6.61 Å². The molecule has 1 aromatic rings. The second-order valence-electron chi connectivity index (χ2n) is 3.27. The standard InChI is InChI=1S/C10H14O4S/c1-8-4-3-5-10(9(8)2)14-15(12,13)7-6-11/h3-5,11H,6-7H2,1-2H3. The minimum atomic E-state index is -3.67. The third kappa shape index (κ3) is 3.21. The first kappa shape index (κ1) is 12.0. The molecule has 0 fully saturated rings. The van der Waals surface area contributed by atoms with Crippen molar-refractivity contribution in [2.75, 3.05) is 12.4 Å². The summed E-state index contributed by atoms with van der Waals surface area (Å²) >= 11 is 0. The van der Waals surface area contributed by atoms with Crippen molar-refractivity contribution in [2.45, 2.75) is 13.8 Å². The lowest BCUT2D eigenvalue weighted by Gasteiger charge is -2.09. The van der Waals surface area contributed by atoms with Gasteiger partial charge in [0.2, 0.25) is 0 Å². The van der Waals surface area contributed by atoms with Gasteiger partial charge in [-0.1, -0.05) is 12.1 Å². The third-order valence-electron chi connectivity index (χ3n) is 2.11. The number of aryl methyl sites for hydroxylation is 1. The molecule has 0 unspecified atom stereocenters. The first-order chi connectivity index (χ1) is 6.96. The molecule has 0 amide bonds.